The van der Waals surface area contributed by atoms with Gasteiger partial charge in [0.1, 0.15) is 6.17 Å². The molecule has 31 heavy (non-hydrogen) atoms. The van der Waals surface area contributed by atoms with Crippen LogP contribution >= 0.6 is 15.9 Å². The standard InChI is InChI=1S/C21H29BrF3N5O/c1-19(2)11-15(12-20(3,4)29(19)5)27-17-16(22)13-26-18(30(17)31-21(23,24)25)28-14-9-7-6-8-10-14/h6-10,13,15,17,27H,11-12H2,1-5H3,(H,26,28). The van der Waals surface area contributed by atoms with Gasteiger partial charge < -0.3 is 5.32 Å². The summed E-state index contributed by atoms with van der Waals surface area (Å²) in [6, 6.07) is 8.83. The summed E-state index contributed by atoms with van der Waals surface area (Å²) >= 11 is 3.38. The lowest BCUT2D eigenvalue weighted by molar-refractivity contribution is -0.402. The lowest BCUT2D eigenvalue weighted by Gasteiger charge is -2.54. The van der Waals surface area contributed by atoms with Crippen molar-refractivity contribution in [2.45, 2.75) is 70.2 Å². The summed E-state index contributed by atoms with van der Waals surface area (Å²) in [5.74, 6) is -0.0596. The molecule has 1 aromatic carbocycles. The Morgan fingerprint density at radius 2 is 1.68 bits per heavy atom. The van der Waals surface area contributed by atoms with Crippen LogP contribution in [0.5, 0.6) is 0 Å². The number of para-hydroxylation sites is 1. The quantitative estimate of drug-likeness (QED) is 0.603. The first-order valence-corrected chi connectivity index (χ1v) is 10.9. The summed E-state index contributed by atoms with van der Waals surface area (Å²) in [5.41, 5.74) is 0.349. The minimum Gasteiger partial charge on any atom is -0.324 e. The van der Waals surface area contributed by atoms with Gasteiger partial charge in [0.15, 0.2) is 0 Å². The first kappa shape index (κ1) is 24.0. The Balaban J connectivity index is 1.86. The van der Waals surface area contributed by atoms with Crippen LogP contribution in [0.25, 0.3) is 0 Å². The first-order chi connectivity index (χ1) is 14.3. The van der Waals surface area contributed by atoms with E-state index >= 15 is 0 Å². The minimum absolute atomic E-state index is 0.0393. The fourth-order valence-corrected chi connectivity index (χ4v) is 4.71. The zero-order valence-corrected chi connectivity index (χ0v) is 19.9. The number of hydrogen-bond donors (Lipinski definition) is 2. The van der Waals surface area contributed by atoms with Crippen molar-refractivity contribution in [1.82, 2.24) is 15.3 Å². The minimum atomic E-state index is -4.88. The molecule has 10 heteroatoms. The number of piperidine rings is 1. The largest absolute Gasteiger partial charge is 0.544 e. The third kappa shape index (κ3) is 5.79. The van der Waals surface area contributed by atoms with Crippen molar-refractivity contribution < 1.29 is 18.0 Å². The highest BCUT2D eigenvalue weighted by Crippen LogP contribution is 2.38. The van der Waals surface area contributed by atoms with E-state index in [4.69, 9.17) is 0 Å². The number of anilines is 1. The number of hydroxylamine groups is 2. The molecular formula is C21H29BrF3N5O. The second-order valence-electron chi connectivity index (χ2n) is 9.18. The molecule has 2 aliphatic heterocycles. The fraction of sp³-hybridized carbons (Fsp3) is 0.571. The monoisotopic (exact) mass is 503 g/mol. The van der Waals surface area contributed by atoms with Crippen LogP contribution in [0.3, 0.4) is 0 Å². The molecule has 1 aromatic rings. The number of guanidine groups is 1. The van der Waals surface area contributed by atoms with E-state index in [-0.39, 0.29) is 23.1 Å². The molecule has 1 saturated heterocycles. The van der Waals surface area contributed by atoms with Crippen molar-refractivity contribution in [1.29, 1.82) is 0 Å². The Kier molecular flexibility index (Phi) is 6.76. The topological polar surface area (TPSA) is 52.1 Å². The van der Waals surface area contributed by atoms with Crippen LogP contribution in [0, 0.1) is 0 Å². The molecule has 1 atom stereocenters. The van der Waals surface area contributed by atoms with Gasteiger partial charge in [-0.25, -0.2) is 4.99 Å². The van der Waals surface area contributed by atoms with Gasteiger partial charge in [0.25, 0.3) is 0 Å². The molecule has 0 saturated carbocycles. The van der Waals surface area contributed by atoms with Gasteiger partial charge in [-0.15, -0.1) is 13.2 Å². The molecule has 0 radical (unpaired) electrons. The van der Waals surface area contributed by atoms with Gasteiger partial charge >= 0.3 is 6.36 Å². The molecule has 1 unspecified atom stereocenters. The predicted molar refractivity (Wildman–Crippen MR) is 119 cm³/mol. The first-order valence-electron chi connectivity index (χ1n) is 10.1. The molecule has 2 N–H and O–H groups in total. The van der Waals surface area contributed by atoms with Crippen molar-refractivity contribution in [2.24, 2.45) is 4.99 Å². The van der Waals surface area contributed by atoms with Gasteiger partial charge in [-0.1, -0.05) is 34.1 Å². The number of benzene rings is 1. The summed E-state index contributed by atoms with van der Waals surface area (Å²) in [6.07, 6.45) is -2.76. The Labute approximate surface area is 189 Å². The van der Waals surface area contributed by atoms with E-state index < -0.39 is 12.5 Å². The number of alkyl halides is 3. The third-order valence-corrected chi connectivity index (χ3v) is 6.59. The van der Waals surface area contributed by atoms with Crippen molar-refractivity contribution in [3.63, 3.8) is 0 Å². The molecular weight excluding hydrogens is 475 g/mol. The van der Waals surface area contributed by atoms with Gasteiger partial charge in [0.2, 0.25) is 5.96 Å². The van der Waals surface area contributed by atoms with E-state index in [2.05, 4.69) is 76.0 Å². The van der Waals surface area contributed by atoms with Crippen molar-refractivity contribution in [3.8, 4) is 0 Å². The average molecular weight is 504 g/mol. The highest BCUT2D eigenvalue weighted by Gasteiger charge is 2.46. The SMILES string of the molecule is CN1C(C)(C)CC(NC2C(Br)=CN=C(Nc3ccccc3)N2OC(F)(F)F)CC1(C)C. The highest BCUT2D eigenvalue weighted by atomic mass is 79.9. The number of halogens is 4. The van der Waals surface area contributed by atoms with Crippen molar-refractivity contribution >= 4 is 27.6 Å². The van der Waals surface area contributed by atoms with Gasteiger partial charge in [-0.3, -0.25) is 10.2 Å². The van der Waals surface area contributed by atoms with Gasteiger partial charge in [-0.05, 0) is 59.7 Å². The van der Waals surface area contributed by atoms with Crippen LogP contribution in [0.1, 0.15) is 40.5 Å². The number of rotatable bonds is 4. The molecule has 0 aliphatic carbocycles. The average Bonchev–Trinajstić information content (AvgIpc) is 2.64. The normalized spacial score (nSPS) is 24.5. The Morgan fingerprint density at radius 3 is 2.23 bits per heavy atom. The van der Waals surface area contributed by atoms with Crippen molar-refractivity contribution in [3.05, 3.63) is 41.0 Å². The summed E-state index contributed by atoms with van der Waals surface area (Å²) in [4.78, 5) is 10.9. The third-order valence-electron chi connectivity index (χ3n) is 5.95. The molecule has 1 fully saturated rings. The molecule has 0 spiro atoms. The number of nitrogens with zero attached hydrogens (tertiary/aromatic N) is 3. The molecule has 2 heterocycles. The summed E-state index contributed by atoms with van der Waals surface area (Å²) in [5, 5.41) is 7.03. The van der Waals surface area contributed by atoms with Crippen LogP contribution in [-0.4, -0.2) is 52.6 Å². The second kappa shape index (κ2) is 8.73. The lowest BCUT2D eigenvalue weighted by Crippen LogP contribution is -2.65. The highest BCUT2D eigenvalue weighted by molar-refractivity contribution is 9.11. The molecule has 2 aliphatic rings. The Hall–Kier alpha value is -1.62. The zero-order valence-electron chi connectivity index (χ0n) is 18.3. The second-order valence-corrected chi connectivity index (χ2v) is 10.1. The Bertz CT molecular complexity index is 823. The van der Waals surface area contributed by atoms with Gasteiger partial charge in [0.05, 0.1) is 4.48 Å². The van der Waals surface area contributed by atoms with E-state index in [9.17, 15) is 13.2 Å². The molecule has 0 aromatic heterocycles. The zero-order chi connectivity index (χ0) is 23.0. The van der Waals surface area contributed by atoms with Crippen LogP contribution in [0.4, 0.5) is 18.9 Å². The summed E-state index contributed by atoms with van der Waals surface area (Å²) in [7, 11) is 2.08. The molecule has 6 nitrogen and oxygen atoms in total. The fourth-order valence-electron chi connectivity index (χ4n) is 4.29. The van der Waals surface area contributed by atoms with E-state index in [1.807, 2.05) is 6.07 Å². The summed E-state index contributed by atoms with van der Waals surface area (Å²) in [6.45, 7) is 8.56. The van der Waals surface area contributed by atoms with E-state index in [1.54, 1.807) is 24.3 Å². The van der Waals surface area contributed by atoms with E-state index in [0.29, 0.717) is 10.2 Å². The van der Waals surface area contributed by atoms with E-state index in [0.717, 1.165) is 17.9 Å². The molecule has 3 rings (SSSR count). The number of aliphatic imine (C=N–C) groups is 1. The van der Waals surface area contributed by atoms with Gasteiger partial charge in [0, 0.05) is 29.0 Å². The van der Waals surface area contributed by atoms with Crippen LogP contribution in [-0.2, 0) is 4.84 Å². The number of likely N-dealkylation sites (tertiary alicyclic amines) is 1. The van der Waals surface area contributed by atoms with Crippen LogP contribution in [0.15, 0.2) is 46.0 Å². The number of hydrogen-bond acceptors (Lipinski definition) is 6. The molecule has 0 amide bonds. The predicted octanol–water partition coefficient (Wildman–Crippen LogP) is 5.02. The summed E-state index contributed by atoms with van der Waals surface area (Å²) < 4.78 is 40.4. The maximum Gasteiger partial charge on any atom is 0.544 e. The smallest absolute Gasteiger partial charge is 0.324 e. The van der Waals surface area contributed by atoms with Crippen LogP contribution < -0.4 is 10.6 Å². The maximum atomic E-state index is 13.3. The number of nitrogens with one attached hydrogen (secondary N) is 2. The van der Waals surface area contributed by atoms with E-state index in [1.165, 1.54) is 6.20 Å². The molecule has 172 valence electrons. The van der Waals surface area contributed by atoms with Crippen LogP contribution in [0.2, 0.25) is 0 Å². The van der Waals surface area contributed by atoms with Gasteiger partial charge in [-0.2, -0.15) is 9.90 Å². The maximum absolute atomic E-state index is 13.3. The lowest BCUT2D eigenvalue weighted by atomic mass is 9.77. The Morgan fingerprint density at radius 1 is 1.10 bits per heavy atom. The van der Waals surface area contributed by atoms with Crippen molar-refractivity contribution in [2.75, 3.05) is 12.4 Å². The molecule has 0 bridgehead atoms.